The molecule has 24 heavy (non-hydrogen) atoms. The van der Waals surface area contributed by atoms with Gasteiger partial charge in [-0.3, -0.25) is 4.98 Å². The van der Waals surface area contributed by atoms with Crippen LogP contribution in [0.15, 0.2) is 24.3 Å². The number of methoxy groups -OCH3 is 1. The molecular weight excluding hydrogens is 330 g/mol. The topological polar surface area (TPSA) is 65.5 Å². The lowest BCUT2D eigenvalue weighted by atomic mass is 9.92. The minimum Gasteiger partial charge on any atom is -0.465 e. The van der Waals surface area contributed by atoms with E-state index in [-0.39, 0.29) is 17.7 Å². The second-order valence-corrected chi connectivity index (χ2v) is 5.51. The standard InChI is InChI=1S/C18H18ClNO4/c1-5-24-18(22)15-11(3)20-10(2)14(17(21)23-4)16(15)12-8-6-7-9-13(12)19/h6-9H,5H2,1-4H3. The number of nitrogens with zero attached hydrogens (tertiary/aromatic N) is 1. The molecule has 6 heteroatoms. The number of rotatable bonds is 4. The molecule has 0 N–H and O–H groups in total. The number of aromatic nitrogens is 1. The molecule has 126 valence electrons. The molecule has 0 bridgehead atoms. The number of hydrogen-bond acceptors (Lipinski definition) is 5. The Morgan fingerprint density at radius 3 is 2.21 bits per heavy atom. The van der Waals surface area contributed by atoms with Crippen LogP contribution in [-0.4, -0.2) is 30.6 Å². The Balaban J connectivity index is 2.92. The van der Waals surface area contributed by atoms with E-state index in [1.54, 1.807) is 45.0 Å². The molecule has 0 aliphatic carbocycles. The molecule has 0 radical (unpaired) electrons. The predicted octanol–water partition coefficient (Wildman–Crippen LogP) is 3.98. The van der Waals surface area contributed by atoms with Crippen molar-refractivity contribution in [2.75, 3.05) is 13.7 Å². The second-order valence-electron chi connectivity index (χ2n) is 5.10. The van der Waals surface area contributed by atoms with Crippen LogP contribution in [0.1, 0.15) is 39.0 Å². The molecule has 0 spiro atoms. The number of halogens is 1. The summed E-state index contributed by atoms with van der Waals surface area (Å²) in [5.41, 5.74) is 2.29. The molecule has 0 saturated carbocycles. The van der Waals surface area contributed by atoms with Gasteiger partial charge in [-0.25, -0.2) is 9.59 Å². The van der Waals surface area contributed by atoms with E-state index in [9.17, 15) is 9.59 Å². The van der Waals surface area contributed by atoms with Crippen LogP contribution in [0.5, 0.6) is 0 Å². The van der Waals surface area contributed by atoms with Gasteiger partial charge in [0.1, 0.15) is 0 Å². The van der Waals surface area contributed by atoms with Crippen LogP contribution in [0.4, 0.5) is 0 Å². The number of esters is 2. The summed E-state index contributed by atoms with van der Waals surface area (Å²) < 4.78 is 10.0. The number of pyridine rings is 1. The van der Waals surface area contributed by atoms with E-state index in [2.05, 4.69) is 4.98 Å². The van der Waals surface area contributed by atoms with Gasteiger partial charge in [0, 0.05) is 16.1 Å². The first-order chi connectivity index (χ1) is 11.4. The number of hydrogen-bond donors (Lipinski definition) is 0. The summed E-state index contributed by atoms with van der Waals surface area (Å²) in [7, 11) is 1.28. The van der Waals surface area contributed by atoms with Crippen molar-refractivity contribution in [3.05, 3.63) is 51.8 Å². The molecule has 2 rings (SSSR count). The van der Waals surface area contributed by atoms with Crippen LogP contribution in [0.3, 0.4) is 0 Å². The molecule has 1 aromatic heterocycles. The van der Waals surface area contributed by atoms with Crippen LogP contribution in [0.25, 0.3) is 11.1 Å². The van der Waals surface area contributed by atoms with E-state index in [1.165, 1.54) is 7.11 Å². The summed E-state index contributed by atoms with van der Waals surface area (Å²) in [4.78, 5) is 29.1. The highest BCUT2D eigenvalue weighted by Crippen LogP contribution is 2.36. The lowest BCUT2D eigenvalue weighted by Crippen LogP contribution is -2.17. The summed E-state index contributed by atoms with van der Waals surface area (Å²) in [5.74, 6) is -1.14. The molecule has 0 aliphatic rings. The molecule has 0 fully saturated rings. The van der Waals surface area contributed by atoms with Gasteiger partial charge >= 0.3 is 11.9 Å². The number of ether oxygens (including phenoxy) is 2. The minimum absolute atomic E-state index is 0.208. The maximum atomic E-state index is 12.5. The number of aryl methyl sites for hydroxylation is 2. The van der Waals surface area contributed by atoms with Crippen molar-refractivity contribution in [1.29, 1.82) is 0 Å². The molecule has 1 heterocycles. The van der Waals surface area contributed by atoms with E-state index >= 15 is 0 Å². The zero-order valence-corrected chi connectivity index (χ0v) is 14.7. The van der Waals surface area contributed by atoms with Crippen molar-refractivity contribution in [2.24, 2.45) is 0 Å². The van der Waals surface area contributed by atoms with Gasteiger partial charge in [0.2, 0.25) is 0 Å². The van der Waals surface area contributed by atoms with Gasteiger partial charge in [-0.1, -0.05) is 29.8 Å². The fraction of sp³-hybridized carbons (Fsp3) is 0.278. The number of carbonyl (C=O) groups excluding carboxylic acids is 2. The predicted molar refractivity (Wildman–Crippen MR) is 91.5 cm³/mol. The second kappa shape index (κ2) is 7.45. The number of carbonyl (C=O) groups is 2. The van der Waals surface area contributed by atoms with Gasteiger partial charge in [0.15, 0.2) is 0 Å². The first kappa shape index (κ1) is 17.9. The minimum atomic E-state index is -0.583. The lowest BCUT2D eigenvalue weighted by Gasteiger charge is -2.18. The number of benzene rings is 1. The average Bonchev–Trinajstić information content (AvgIpc) is 2.54. The van der Waals surface area contributed by atoms with Crippen molar-refractivity contribution in [3.63, 3.8) is 0 Å². The zero-order chi connectivity index (χ0) is 17.9. The summed E-state index contributed by atoms with van der Waals surface area (Å²) in [6.45, 7) is 5.31. The molecule has 1 aromatic carbocycles. The fourth-order valence-electron chi connectivity index (χ4n) is 2.59. The highest BCUT2D eigenvalue weighted by atomic mass is 35.5. The van der Waals surface area contributed by atoms with Gasteiger partial charge < -0.3 is 9.47 Å². The van der Waals surface area contributed by atoms with Gasteiger partial charge in [-0.2, -0.15) is 0 Å². The van der Waals surface area contributed by atoms with Crippen molar-refractivity contribution in [1.82, 2.24) is 4.98 Å². The van der Waals surface area contributed by atoms with Gasteiger partial charge in [0.25, 0.3) is 0 Å². The summed E-state index contributed by atoms with van der Waals surface area (Å²) in [6.07, 6.45) is 0. The van der Waals surface area contributed by atoms with E-state index in [4.69, 9.17) is 21.1 Å². The molecule has 0 saturated heterocycles. The zero-order valence-electron chi connectivity index (χ0n) is 14.0. The van der Waals surface area contributed by atoms with Gasteiger partial charge in [-0.05, 0) is 26.8 Å². The quantitative estimate of drug-likeness (QED) is 0.782. The van der Waals surface area contributed by atoms with Gasteiger partial charge in [0.05, 0.1) is 36.2 Å². The Hall–Kier alpha value is -2.40. The van der Waals surface area contributed by atoms with E-state index in [0.717, 1.165) is 0 Å². The maximum Gasteiger partial charge on any atom is 0.340 e. The van der Waals surface area contributed by atoms with E-state index in [0.29, 0.717) is 27.5 Å². The van der Waals surface area contributed by atoms with Gasteiger partial charge in [-0.15, -0.1) is 0 Å². The molecule has 2 aromatic rings. The highest BCUT2D eigenvalue weighted by molar-refractivity contribution is 6.34. The third-order valence-electron chi connectivity index (χ3n) is 3.57. The largest absolute Gasteiger partial charge is 0.465 e. The van der Waals surface area contributed by atoms with E-state index in [1.807, 2.05) is 0 Å². The van der Waals surface area contributed by atoms with Crippen LogP contribution in [-0.2, 0) is 9.47 Å². The first-order valence-electron chi connectivity index (χ1n) is 7.43. The lowest BCUT2D eigenvalue weighted by molar-refractivity contribution is 0.0526. The first-order valence-corrected chi connectivity index (χ1v) is 7.81. The molecule has 0 atom stereocenters. The van der Waals surface area contributed by atoms with Crippen molar-refractivity contribution < 1.29 is 19.1 Å². The highest BCUT2D eigenvalue weighted by Gasteiger charge is 2.28. The van der Waals surface area contributed by atoms with Crippen LogP contribution in [0.2, 0.25) is 5.02 Å². The normalized spacial score (nSPS) is 10.4. The Bertz CT molecular complexity index is 802. The van der Waals surface area contributed by atoms with Crippen molar-refractivity contribution in [3.8, 4) is 11.1 Å². The van der Waals surface area contributed by atoms with Crippen LogP contribution < -0.4 is 0 Å². The van der Waals surface area contributed by atoms with Crippen LogP contribution in [0, 0.1) is 13.8 Å². The molecule has 5 nitrogen and oxygen atoms in total. The maximum absolute atomic E-state index is 12.5. The van der Waals surface area contributed by atoms with E-state index < -0.39 is 11.9 Å². The monoisotopic (exact) mass is 347 g/mol. The molecular formula is C18H18ClNO4. The molecule has 0 amide bonds. The summed E-state index contributed by atoms with van der Waals surface area (Å²) >= 11 is 6.31. The fourth-order valence-corrected chi connectivity index (χ4v) is 2.82. The van der Waals surface area contributed by atoms with Crippen molar-refractivity contribution in [2.45, 2.75) is 20.8 Å². The Morgan fingerprint density at radius 1 is 1.08 bits per heavy atom. The van der Waals surface area contributed by atoms with Crippen LogP contribution >= 0.6 is 11.6 Å². The third kappa shape index (κ3) is 3.26. The molecule has 0 unspecified atom stereocenters. The summed E-state index contributed by atoms with van der Waals surface area (Å²) in [6, 6.07) is 6.99. The average molecular weight is 348 g/mol. The summed E-state index contributed by atoms with van der Waals surface area (Å²) in [5, 5.41) is 0.415. The smallest absolute Gasteiger partial charge is 0.340 e. The Kier molecular flexibility index (Phi) is 5.57. The molecule has 0 aliphatic heterocycles. The van der Waals surface area contributed by atoms with Crippen molar-refractivity contribution >= 4 is 23.5 Å². The SMILES string of the molecule is CCOC(=O)c1c(C)nc(C)c(C(=O)OC)c1-c1ccccc1Cl. The Labute approximate surface area is 145 Å². The Morgan fingerprint density at radius 2 is 1.67 bits per heavy atom. The third-order valence-corrected chi connectivity index (χ3v) is 3.90.